The van der Waals surface area contributed by atoms with Crippen LogP contribution in [-0.4, -0.2) is 21.2 Å². The summed E-state index contributed by atoms with van der Waals surface area (Å²) in [4.78, 5) is 10.6. The Bertz CT molecular complexity index is 418. The van der Waals surface area contributed by atoms with Gasteiger partial charge in [0.05, 0.1) is 4.92 Å². The van der Waals surface area contributed by atoms with Crippen LogP contribution in [0.3, 0.4) is 0 Å². The highest BCUT2D eigenvalue weighted by Gasteiger charge is 2.25. The van der Waals surface area contributed by atoms with E-state index in [9.17, 15) is 10.1 Å². The van der Waals surface area contributed by atoms with Crippen LogP contribution in [0.5, 0.6) is 0 Å². The maximum absolute atomic E-state index is 11.0. The molecule has 96 valence electrons. The molecule has 0 saturated carbocycles. The fourth-order valence-electron chi connectivity index (χ4n) is 1.54. The second kappa shape index (κ2) is 4.73. The van der Waals surface area contributed by atoms with E-state index < -0.39 is 0 Å². The lowest BCUT2D eigenvalue weighted by molar-refractivity contribution is -0.384. The van der Waals surface area contributed by atoms with Gasteiger partial charge in [-0.2, -0.15) is 5.10 Å². The van der Waals surface area contributed by atoms with E-state index >= 15 is 0 Å². The lowest BCUT2D eigenvalue weighted by Crippen LogP contribution is -2.21. The van der Waals surface area contributed by atoms with Crippen molar-refractivity contribution in [2.24, 2.45) is 5.41 Å². The molecule has 0 amide bonds. The molecule has 0 aromatic carbocycles. The standard InChI is InChI=1S/C11H20N4O2/c1-6-14-10(12-7-11(3,4)5)9(15(16)17)8(2)13-14/h12H,6-7H2,1-5H3. The Morgan fingerprint density at radius 1 is 1.47 bits per heavy atom. The molecule has 6 heteroatoms. The minimum absolute atomic E-state index is 0.0601. The fraction of sp³-hybridized carbons (Fsp3) is 0.727. The number of hydrogen-bond donors (Lipinski definition) is 1. The van der Waals surface area contributed by atoms with Gasteiger partial charge < -0.3 is 5.32 Å². The molecule has 0 fully saturated rings. The van der Waals surface area contributed by atoms with E-state index in [0.717, 1.165) is 0 Å². The summed E-state index contributed by atoms with van der Waals surface area (Å²) in [7, 11) is 0. The molecule has 0 aliphatic rings. The SMILES string of the molecule is CCn1nc(C)c([N+](=O)[O-])c1NCC(C)(C)C. The van der Waals surface area contributed by atoms with Crippen LogP contribution in [0.1, 0.15) is 33.4 Å². The molecule has 0 radical (unpaired) electrons. The number of rotatable bonds is 4. The lowest BCUT2D eigenvalue weighted by atomic mass is 9.97. The first-order valence-corrected chi connectivity index (χ1v) is 5.72. The lowest BCUT2D eigenvalue weighted by Gasteiger charge is -2.19. The van der Waals surface area contributed by atoms with Gasteiger partial charge in [0.15, 0.2) is 0 Å². The number of nitrogens with zero attached hydrogens (tertiary/aromatic N) is 3. The Hall–Kier alpha value is -1.59. The number of aromatic nitrogens is 2. The number of aryl methyl sites for hydroxylation is 2. The highest BCUT2D eigenvalue weighted by atomic mass is 16.6. The molecule has 6 nitrogen and oxygen atoms in total. The van der Waals surface area contributed by atoms with Gasteiger partial charge in [-0.05, 0) is 19.3 Å². The summed E-state index contributed by atoms with van der Waals surface area (Å²) in [5.74, 6) is 0.505. The summed E-state index contributed by atoms with van der Waals surface area (Å²) in [6.45, 7) is 11.1. The highest BCUT2D eigenvalue weighted by molar-refractivity contribution is 5.59. The second-order valence-electron chi connectivity index (χ2n) is 5.27. The maximum atomic E-state index is 11.0. The average Bonchev–Trinajstić information content (AvgIpc) is 2.50. The largest absolute Gasteiger partial charge is 0.364 e. The monoisotopic (exact) mass is 240 g/mol. The highest BCUT2D eigenvalue weighted by Crippen LogP contribution is 2.29. The molecule has 0 spiro atoms. The van der Waals surface area contributed by atoms with Crippen molar-refractivity contribution >= 4 is 11.5 Å². The molecule has 1 aromatic heterocycles. The topological polar surface area (TPSA) is 73.0 Å². The molecule has 17 heavy (non-hydrogen) atoms. The second-order valence-corrected chi connectivity index (χ2v) is 5.27. The predicted octanol–water partition coefficient (Wildman–Crippen LogP) is 2.58. The first-order chi connectivity index (χ1) is 7.76. The Balaban J connectivity index is 3.07. The van der Waals surface area contributed by atoms with Gasteiger partial charge in [0.2, 0.25) is 5.82 Å². The molecular weight excluding hydrogens is 220 g/mol. The van der Waals surface area contributed by atoms with Crippen LogP contribution in [0.2, 0.25) is 0 Å². The summed E-state index contributed by atoms with van der Waals surface area (Å²) in [5.41, 5.74) is 0.592. The van der Waals surface area contributed by atoms with E-state index in [1.807, 2.05) is 6.92 Å². The quantitative estimate of drug-likeness (QED) is 0.648. The van der Waals surface area contributed by atoms with Gasteiger partial charge in [-0.3, -0.25) is 10.1 Å². The van der Waals surface area contributed by atoms with Crippen LogP contribution in [0, 0.1) is 22.5 Å². The van der Waals surface area contributed by atoms with Crippen molar-refractivity contribution in [2.75, 3.05) is 11.9 Å². The molecule has 1 rings (SSSR count). The summed E-state index contributed by atoms with van der Waals surface area (Å²) >= 11 is 0. The van der Waals surface area contributed by atoms with Crippen LogP contribution in [0.4, 0.5) is 11.5 Å². The van der Waals surface area contributed by atoms with E-state index in [2.05, 4.69) is 31.2 Å². The van der Waals surface area contributed by atoms with Crippen LogP contribution in [-0.2, 0) is 6.54 Å². The molecule has 0 atom stereocenters. The Morgan fingerprint density at radius 2 is 2.06 bits per heavy atom. The number of nitro groups is 1. The number of hydrogen-bond acceptors (Lipinski definition) is 4. The Labute approximate surface area is 101 Å². The van der Waals surface area contributed by atoms with E-state index in [1.165, 1.54) is 0 Å². The van der Waals surface area contributed by atoms with Crippen molar-refractivity contribution in [2.45, 2.75) is 41.2 Å². The zero-order valence-electron chi connectivity index (χ0n) is 11.1. The van der Waals surface area contributed by atoms with Gasteiger partial charge in [-0.25, -0.2) is 4.68 Å². The van der Waals surface area contributed by atoms with Crippen LogP contribution >= 0.6 is 0 Å². The van der Waals surface area contributed by atoms with Crippen LogP contribution in [0.25, 0.3) is 0 Å². The average molecular weight is 240 g/mol. The van der Waals surface area contributed by atoms with Crippen molar-refractivity contribution < 1.29 is 4.92 Å². The smallest absolute Gasteiger partial charge is 0.333 e. The van der Waals surface area contributed by atoms with Crippen molar-refractivity contribution in [1.82, 2.24) is 9.78 Å². The molecule has 0 aliphatic heterocycles. The molecule has 0 bridgehead atoms. The Morgan fingerprint density at radius 3 is 2.47 bits per heavy atom. The molecule has 0 aliphatic carbocycles. The molecular formula is C11H20N4O2. The van der Waals surface area contributed by atoms with Gasteiger partial charge in [-0.1, -0.05) is 20.8 Å². The van der Waals surface area contributed by atoms with Gasteiger partial charge in [0.25, 0.3) is 0 Å². The van der Waals surface area contributed by atoms with Gasteiger partial charge >= 0.3 is 5.69 Å². The zero-order chi connectivity index (χ0) is 13.2. The minimum atomic E-state index is -0.376. The van der Waals surface area contributed by atoms with Crippen molar-refractivity contribution in [3.05, 3.63) is 15.8 Å². The number of nitrogens with one attached hydrogen (secondary N) is 1. The van der Waals surface area contributed by atoms with Crippen molar-refractivity contribution in [1.29, 1.82) is 0 Å². The van der Waals surface area contributed by atoms with Crippen LogP contribution < -0.4 is 5.32 Å². The van der Waals surface area contributed by atoms with Gasteiger partial charge in [0.1, 0.15) is 5.69 Å². The summed E-state index contributed by atoms with van der Waals surface area (Å²) < 4.78 is 1.64. The fourth-order valence-corrected chi connectivity index (χ4v) is 1.54. The third-order valence-electron chi connectivity index (χ3n) is 2.36. The normalized spacial score (nSPS) is 11.6. The van der Waals surface area contributed by atoms with Gasteiger partial charge in [-0.15, -0.1) is 0 Å². The van der Waals surface area contributed by atoms with Gasteiger partial charge in [0, 0.05) is 13.1 Å². The molecule has 1 heterocycles. The third-order valence-corrected chi connectivity index (χ3v) is 2.36. The molecule has 0 saturated heterocycles. The van der Waals surface area contributed by atoms with E-state index in [0.29, 0.717) is 24.6 Å². The van der Waals surface area contributed by atoms with E-state index in [4.69, 9.17) is 0 Å². The zero-order valence-corrected chi connectivity index (χ0v) is 11.1. The van der Waals surface area contributed by atoms with E-state index in [-0.39, 0.29) is 16.0 Å². The number of anilines is 1. The molecule has 1 N–H and O–H groups in total. The third kappa shape index (κ3) is 3.18. The summed E-state index contributed by atoms with van der Waals surface area (Å²) in [5, 5.41) is 18.3. The summed E-state index contributed by atoms with van der Waals surface area (Å²) in [6.07, 6.45) is 0. The maximum Gasteiger partial charge on any atom is 0.333 e. The molecule has 1 aromatic rings. The summed E-state index contributed by atoms with van der Waals surface area (Å²) in [6, 6.07) is 0. The van der Waals surface area contributed by atoms with Crippen molar-refractivity contribution in [3.8, 4) is 0 Å². The Kier molecular flexibility index (Phi) is 3.75. The van der Waals surface area contributed by atoms with Crippen LogP contribution in [0.15, 0.2) is 0 Å². The predicted molar refractivity (Wildman–Crippen MR) is 67.2 cm³/mol. The van der Waals surface area contributed by atoms with Crippen molar-refractivity contribution in [3.63, 3.8) is 0 Å². The first-order valence-electron chi connectivity index (χ1n) is 5.72. The minimum Gasteiger partial charge on any atom is -0.364 e. The first kappa shape index (κ1) is 13.5. The molecule has 0 unspecified atom stereocenters. The van der Waals surface area contributed by atoms with E-state index in [1.54, 1.807) is 11.6 Å².